The van der Waals surface area contributed by atoms with Crippen molar-refractivity contribution in [3.8, 4) is 0 Å². The van der Waals surface area contributed by atoms with Gasteiger partial charge in [0.25, 0.3) is 0 Å². The minimum Gasteiger partial charge on any atom is -0.0845 e. The monoisotopic (exact) mass is 222 g/mol. The van der Waals surface area contributed by atoms with Crippen LogP contribution >= 0.6 is 0 Å². The van der Waals surface area contributed by atoms with Gasteiger partial charge in [0.05, 0.1) is 0 Å². The fourth-order valence-corrected chi connectivity index (χ4v) is 1.88. The van der Waals surface area contributed by atoms with Crippen molar-refractivity contribution in [2.45, 2.75) is 72.1 Å². The van der Waals surface area contributed by atoms with Gasteiger partial charge in [0.2, 0.25) is 0 Å². The molecule has 0 fully saturated rings. The van der Waals surface area contributed by atoms with E-state index in [0.29, 0.717) is 0 Å². The van der Waals surface area contributed by atoms with Crippen molar-refractivity contribution in [2.75, 3.05) is 0 Å². The Hall–Kier alpha value is -0.520. The zero-order chi connectivity index (χ0) is 12.1. The average molecular weight is 222 g/mol. The molecule has 1 atom stereocenters. The molecule has 0 N–H and O–H groups in total. The summed E-state index contributed by atoms with van der Waals surface area (Å²) in [4.78, 5) is 0. The fraction of sp³-hybridized carbons (Fsp3) is 0.750. The SMILES string of the molecule is CCCCCC=CC=CCCC(C)CCC. The van der Waals surface area contributed by atoms with Crippen LogP contribution in [0.15, 0.2) is 24.3 Å². The number of allylic oxidation sites excluding steroid dienone is 4. The maximum Gasteiger partial charge on any atom is -0.0345 e. The molecular weight excluding hydrogens is 192 g/mol. The van der Waals surface area contributed by atoms with Gasteiger partial charge in [0.15, 0.2) is 0 Å². The topological polar surface area (TPSA) is 0 Å². The maximum atomic E-state index is 2.36. The largest absolute Gasteiger partial charge is 0.0845 e. The summed E-state index contributed by atoms with van der Waals surface area (Å²) in [6, 6.07) is 0. The molecule has 0 aromatic rings. The van der Waals surface area contributed by atoms with Crippen molar-refractivity contribution >= 4 is 0 Å². The van der Waals surface area contributed by atoms with Crippen LogP contribution in [-0.2, 0) is 0 Å². The summed E-state index contributed by atoms with van der Waals surface area (Å²) in [7, 11) is 0. The van der Waals surface area contributed by atoms with E-state index in [2.05, 4.69) is 45.1 Å². The van der Waals surface area contributed by atoms with E-state index in [4.69, 9.17) is 0 Å². The molecule has 0 heterocycles. The third-order valence-electron chi connectivity index (χ3n) is 2.97. The predicted octanol–water partition coefficient (Wildman–Crippen LogP) is 5.90. The number of hydrogen-bond donors (Lipinski definition) is 0. The minimum atomic E-state index is 0.892. The van der Waals surface area contributed by atoms with Crippen molar-refractivity contribution in [3.05, 3.63) is 24.3 Å². The molecule has 0 aliphatic heterocycles. The maximum absolute atomic E-state index is 2.36. The van der Waals surface area contributed by atoms with Gasteiger partial charge in [-0.15, -0.1) is 0 Å². The lowest BCUT2D eigenvalue weighted by Crippen LogP contribution is -1.91. The van der Waals surface area contributed by atoms with Crippen LogP contribution in [0.2, 0.25) is 0 Å². The molecule has 0 nitrogen and oxygen atoms in total. The molecule has 0 saturated carbocycles. The van der Waals surface area contributed by atoms with Crippen LogP contribution in [0, 0.1) is 5.92 Å². The molecule has 1 unspecified atom stereocenters. The molecule has 0 aliphatic carbocycles. The van der Waals surface area contributed by atoms with Gasteiger partial charge < -0.3 is 0 Å². The van der Waals surface area contributed by atoms with E-state index in [0.717, 1.165) is 5.92 Å². The third-order valence-corrected chi connectivity index (χ3v) is 2.97. The first kappa shape index (κ1) is 15.5. The van der Waals surface area contributed by atoms with E-state index >= 15 is 0 Å². The normalized spacial score (nSPS) is 13.9. The first-order valence-corrected chi connectivity index (χ1v) is 7.12. The van der Waals surface area contributed by atoms with Gasteiger partial charge in [-0.05, 0) is 31.6 Å². The molecule has 0 rings (SSSR count). The van der Waals surface area contributed by atoms with Crippen LogP contribution in [0.5, 0.6) is 0 Å². The van der Waals surface area contributed by atoms with Gasteiger partial charge in [0, 0.05) is 0 Å². The van der Waals surface area contributed by atoms with Crippen LogP contribution in [0.1, 0.15) is 72.1 Å². The smallest absolute Gasteiger partial charge is 0.0345 e. The molecule has 0 aromatic heterocycles. The molecule has 0 aliphatic rings. The van der Waals surface area contributed by atoms with Crippen LogP contribution in [0.25, 0.3) is 0 Å². The summed E-state index contributed by atoms with van der Waals surface area (Å²) < 4.78 is 0. The first-order valence-electron chi connectivity index (χ1n) is 7.12. The molecule has 0 saturated heterocycles. The summed E-state index contributed by atoms with van der Waals surface area (Å²) in [6.45, 7) is 6.88. The van der Waals surface area contributed by atoms with Crippen molar-refractivity contribution < 1.29 is 0 Å². The number of rotatable bonds is 10. The Morgan fingerprint density at radius 3 is 2.12 bits per heavy atom. The van der Waals surface area contributed by atoms with Gasteiger partial charge in [-0.1, -0.05) is 70.8 Å². The van der Waals surface area contributed by atoms with E-state index in [-0.39, 0.29) is 0 Å². The highest BCUT2D eigenvalue weighted by Gasteiger charge is 1.97. The van der Waals surface area contributed by atoms with E-state index in [1.807, 2.05) is 0 Å². The predicted molar refractivity (Wildman–Crippen MR) is 75.7 cm³/mol. The Bertz CT molecular complexity index is 176. The molecule has 0 spiro atoms. The van der Waals surface area contributed by atoms with Crippen molar-refractivity contribution in [3.63, 3.8) is 0 Å². The first-order chi connectivity index (χ1) is 7.81. The van der Waals surface area contributed by atoms with E-state index in [9.17, 15) is 0 Å². The molecular formula is C16H30. The lowest BCUT2D eigenvalue weighted by molar-refractivity contribution is 0.491. The standard InChI is InChI=1S/C16H30/c1-4-6-7-8-9-10-11-12-13-15-16(3)14-5-2/h9-12,16H,4-8,13-15H2,1-3H3. The minimum absolute atomic E-state index is 0.892. The van der Waals surface area contributed by atoms with E-state index in [1.54, 1.807) is 0 Å². The zero-order valence-electron chi connectivity index (χ0n) is 11.5. The van der Waals surface area contributed by atoms with Gasteiger partial charge in [0.1, 0.15) is 0 Å². The highest BCUT2D eigenvalue weighted by atomic mass is 14.0. The van der Waals surface area contributed by atoms with Crippen LogP contribution in [0.3, 0.4) is 0 Å². The van der Waals surface area contributed by atoms with Crippen molar-refractivity contribution in [1.82, 2.24) is 0 Å². The van der Waals surface area contributed by atoms with E-state index < -0.39 is 0 Å². The molecule has 16 heavy (non-hydrogen) atoms. The second kappa shape index (κ2) is 12.5. The Balaban J connectivity index is 3.33. The van der Waals surface area contributed by atoms with Crippen LogP contribution in [-0.4, -0.2) is 0 Å². The molecule has 0 amide bonds. The third kappa shape index (κ3) is 11.6. The Kier molecular flexibility index (Phi) is 12.1. The van der Waals surface area contributed by atoms with Gasteiger partial charge in [-0.2, -0.15) is 0 Å². The Morgan fingerprint density at radius 2 is 1.50 bits per heavy atom. The second-order valence-corrected chi connectivity index (χ2v) is 4.82. The lowest BCUT2D eigenvalue weighted by atomic mass is 10.0. The van der Waals surface area contributed by atoms with Crippen molar-refractivity contribution in [2.24, 2.45) is 5.92 Å². The average Bonchev–Trinajstić information content (AvgIpc) is 2.27. The summed E-state index contributed by atoms with van der Waals surface area (Å²) >= 11 is 0. The summed E-state index contributed by atoms with van der Waals surface area (Å²) in [5, 5.41) is 0. The molecule has 0 aromatic carbocycles. The Labute approximate surface area is 103 Å². The van der Waals surface area contributed by atoms with Crippen LogP contribution in [0.4, 0.5) is 0 Å². The number of hydrogen-bond acceptors (Lipinski definition) is 0. The molecule has 0 radical (unpaired) electrons. The van der Waals surface area contributed by atoms with E-state index in [1.165, 1.54) is 51.4 Å². The molecule has 0 bridgehead atoms. The van der Waals surface area contributed by atoms with Crippen molar-refractivity contribution in [1.29, 1.82) is 0 Å². The highest BCUT2D eigenvalue weighted by molar-refractivity contribution is 5.02. The lowest BCUT2D eigenvalue weighted by Gasteiger charge is -2.06. The summed E-state index contributed by atoms with van der Waals surface area (Å²) in [6.07, 6.45) is 19.6. The molecule has 0 heteroatoms. The highest BCUT2D eigenvalue weighted by Crippen LogP contribution is 2.12. The van der Waals surface area contributed by atoms with Gasteiger partial charge in [-0.25, -0.2) is 0 Å². The summed E-state index contributed by atoms with van der Waals surface area (Å²) in [5.74, 6) is 0.892. The fourth-order valence-electron chi connectivity index (χ4n) is 1.88. The second-order valence-electron chi connectivity index (χ2n) is 4.82. The van der Waals surface area contributed by atoms with Gasteiger partial charge >= 0.3 is 0 Å². The molecule has 94 valence electrons. The zero-order valence-corrected chi connectivity index (χ0v) is 11.5. The summed E-state index contributed by atoms with van der Waals surface area (Å²) in [5.41, 5.74) is 0. The quantitative estimate of drug-likeness (QED) is 0.319. The van der Waals surface area contributed by atoms with Gasteiger partial charge in [-0.3, -0.25) is 0 Å². The number of unbranched alkanes of at least 4 members (excludes halogenated alkanes) is 3. The Morgan fingerprint density at radius 1 is 0.812 bits per heavy atom. The van der Waals surface area contributed by atoms with Crippen LogP contribution < -0.4 is 0 Å².